The van der Waals surface area contributed by atoms with Gasteiger partial charge in [-0.2, -0.15) is 15.0 Å². The molecule has 0 saturated heterocycles. The molecule has 5 nitrogen and oxygen atoms in total. The number of hydrogen-bond acceptors (Lipinski definition) is 3. The van der Waals surface area contributed by atoms with E-state index in [1.54, 1.807) is 36.4 Å². The number of carbonyl (C=O) groups is 1. The number of rotatable bonds is 5. The van der Waals surface area contributed by atoms with Crippen molar-refractivity contribution in [3.8, 4) is 22.5 Å². The molecule has 2 atom stereocenters. The van der Waals surface area contributed by atoms with Crippen LogP contribution in [0.2, 0.25) is 20.1 Å². The van der Waals surface area contributed by atoms with Crippen molar-refractivity contribution in [1.29, 1.82) is 0 Å². The smallest absolute Gasteiger partial charge is 0.243 e. The minimum Gasteiger partial charge on any atom is -0.351 e. The fourth-order valence-corrected chi connectivity index (χ4v) is 5.05. The van der Waals surface area contributed by atoms with E-state index < -0.39 is 0 Å². The summed E-state index contributed by atoms with van der Waals surface area (Å²) in [5.74, 6) is 0.339. The van der Waals surface area contributed by atoms with Crippen molar-refractivity contribution < 1.29 is 4.79 Å². The van der Waals surface area contributed by atoms with Crippen molar-refractivity contribution >= 4 is 52.3 Å². The Hall–Kier alpha value is -1.79. The van der Waals surface area contributed by atoms with Crippen molar-refractivity contribution in [2.24, 2.45) is 5.92 Å². The Balaban J connectivity index is 1.68. The molecule has 0 bridgehead atoms. The second-order valence-corrected chi connectivity index (χ2v) is 9.80. The Bertz CT molecular complexity index is 1080. The predicted octanol–water partition coefficient (Wildman–Crippen LogP) is 6.92. The van der Waals surface area contributed by atoms with Crippen LogP contribution in [-0.2, 0) is 11.3 Å². The van der Waals surface area contributed by atoms with Gasteiger partial charge in [0.15, 0.2) is 0 Å². The minimum atomic E-state index is -0.124. The molecule has 9 heteroatoms. The summed E-state index contributed by atoms with van der Waals surface area (Å²) in [7, 11) is 0. The van der Waals surface area contributed by atoms with E-state index in [1.807, 2.05) is 0 Å². The van der Waals surface area contributed by atoms with Crippen molar-refractivity contribution in [1.82, 2.24) is 20.3 Å². The van der Waals surface area contributed by atoms with Gasteiger partial charge in [0.2, 0.25) is 5.91 Å². The van der Waals surface area contributed by atoms with Gasteiger partial charge >= 0.3 is 0 Å². The molecule has 2 unspecified atom stereocenters. The number of halogens is 4. The summed E-state index contributed by atoms with van der Waals surface area (Å²) in [5, 5.41) is 14.2. The van der Waals surface area contributed by atoms with Crippen molar-refractivity contribution in [3.05, 3.63) is 56.5 Å². The summed E-state index contributed by atoms with van der Waals surface area (Å²) in [6.07, 6.45) is 4.47. The summed E-state index contributed by atoms with van der Waals surface area (Å²) >= 11 is 25.0. The van der Waals surface area contributed by atoms with Gasteiger partial charge in [0, 0.05) is 27.2 Å². The van der Waals surface area contributed by atoms with Crippen LogP contribution < -0.4 is 5.32 Å². The summed E-state index contributed by atoms with van der Waals surface area (Å²) in [4.78, 5) is 14.1. The van der Waals surface area contributed by atoms with Crippen LogP contribution in [0.25, 0.3) is 22.5 Å². The Morgan fingerprint density at radius 2 is 1.47 bits per heavy atom. The summed E-state index contributed by atoms with van der Waals surface area (Å²) < 4.78 is 0. The highest BCUT2D eigenvalue weighted by Crippen LogP contribution is 2.38. The van der Waals surface area contributed by atoms with Gasteiger partial charge in [-0.3, -0.25) is 4.79 Å². The van der Waals surface area contributed by atoms with E-state index >= 15 is 0 Å². The Kier molecular flexibility index (Phi) is 7.30. The van der Waals surface area contributed by atoms with Crippen LogP contribution in [0, 0.1) is 5.92 Å². The molecule has 4 rings (SSSR count). The third kappa shape index (κ3) is 5.23. The van der Waals surface area contributed by atoms with Gasteiger partial charge in [0.05, 0.1) is 10.0 Å². The quantitative estimate of drug-likeness (QED) is 0.404. The van der Waals surface area contributed by atoms with Crippen molar-refractivity contribution in [2.75, 3.05) is 0 Å². The first-order chi connectivity index (χ1) is 15.3. The molecule has 0 spiro atoms. The third-order valence-corrected chi connectivity index (χ3v) is 6.87. The monoisotopic (exact) mass is 510 g/mol. The SMILES string of the molecule is CC1CCCCC1NC(=O)Cn1nc(-c2ccc(Cl)cc2Cl)c(-c2ccc(Cl)cc2Cl)n1. The van der Waals surface area contributed by atoms with Gasteiger partial charge in [0.1, 0.15) is 17.9 Å². The van der Waals surface area contributed by atoms with E-state index in [1.165, 1.54) is 11.2 Å². The second kappa shape index (κ2) is 10.0. The maximum atomic E-state index is 12.7. The molecule has 1 aliphatic carbocycles. The number of benzene rings is 2. The lowest BCUT2D eigenvalue weighted by Gasteiger charge is -2.29. The first-order valence-corrected chi connectivity index (χ1v) is 12.0. The Labute approximate surface area is 207 Å². The van der Waals surface area contributed by atoms with Crippen LogP contribution >= 0.6 is 46.4 Å². The largest absolute Gasteiger partial charge is 0.351 e. The highest BCUT2D eigenvalue weighted by Gasteiger charge is 2.24. The van der Waals surface area contributed by atoms with E-state index in [0.29, 0.717) is 48.5 Å². The number of nitrogens with zero attached hydrogens (tertiary/aromatic N) is 3. The molecule has 1 N–H and O–H groups in total. The summed E-state index contributed by atoms with van der Waals surface area (Å²) in [6.45, 7) is 2.17. The van der Waals surface area contributed by atoms with Crippen LogP contribution in [0.4, 0.5) is 0 Å². The predicted molar refractivity (Wildman–Crippen MR) is 130 cm³/mol. The number of nitrogens with one attached hydrogen (secondary N) is 1. The van der Waals surface area contributed by atoms with Gasteiger partial charge in [-0.15, -0.1) is 0 Å². The van der Waals surface area contributed by atoms with Crippen LogP contribution in [0.5, 0.6) is 0 Å². The zero-order valence-corrected chi connectivity index (χ0v) is 20.4. The molecule has 1 amide bonds. The molecule has 1 aliphatic rings. The molecule has 3 aromatic rings. The Morgan fingerprint density at radius 3 is 1.97 bits per heavy atom. The molecule has 168 valence electrons. The van der Waals surface area contributed by atoms with Crippen molar-refractivity contribution in [3.63, 3.8) is 0 Å². The first-order valence-electron chi connectivity index (χ1n) is 10.5. The molecule has 32 heavy (non-hydrogen) atoms. The first kappa shape index (κ1) is 23.4. The van der Waals surface area contributed by atoms with Crippen LogP contribution in [0.15, 0.2) is 36.4 Å². The molecule has 0 aliphatic heterocycles. The van der Waals surface area contributed by atoms with E-state index in [0.717, 1.165) is 19.3 Å². The molecule has 1 saturated carbocycles. The highest BCUT2D eigenvalue weighted by molar-refractivity contribution is 6.37. The Morgan fingerprint density at radius 1 is 0.938 bits per heavy atom. The highest BCUT2D eigenvalue weighted by atomic mass is 35.5. The van der Waals surface area contributed by atoms with Crippen LogP contribution in [-0.4, -0.2) is 26.9 Å². The molecule has 1 fully saturated rings. The summed E-state index contributed by atoms with van der Waals surface area (Å²) in [5.41, 5.74) is 2.30. The number of carbonyl (C=O) groups excluding carboxylic acids is 1. The molecule has 0 radical (unpaired) electrons. The van der Waals surface area contributed by atoms with E-state index in [9.17, 15) is 4.79 Å². The molecule has 1 heterocycles. The van der Waals surface area contributed by atoms with E-state index in [2.05, 4.69) is 22.4 Å². The lowest BCUT2D eigenvalue weighted by molar-refractivity contribution is -0.123. The van der Waals surface area contributed by atoms with E-state index in [-0.39, 0.29) is 18.5 Å². The average Bonchev–Trinajstić information content (AvgIpc) is 3.12. The lowest BCUT2D eigenvalue weighted by Crippen LogP contribution is -2.42. The van der Waals surface area contributed by atoms with Crippen LogP contribution in [0.3, 0.4) is 0 Å². The van der Waals surface area contributed by atoms with Crippen molar-refractivity contribution in [2.45, 2.75) is 45.2 Å². The third-order valence-electron chi connectivity index (χ3n) is 5.77. The lowest BCUT2D eigenvalue weighted by atomic mass is 9.86. The van der Waals surface area contributed by atoms with Gasteiger partial charge in [-0.05, 0) is 55.2 Å². The van der Waals surface area contributed by atoms with Gasteiger partial charge < -0.3 is 5.32 Å². The van der Waals surface area contributed by atoms with Gasteiger partial charge in [-0.1, -0.05) is 66.2 Å². The zero-order chi connectivity index (χ0) is 22.8. The second-order valence-electron chi connectivity index (χ2n) is 8.11. The topological polar surface area (TPSA) is 59.8 Å². The number of hydrogen-bond donors (Lipinski definition) is 1. The van der Waals surface area contributed by atoms with Gasteiger partial charge in [-0.25, -0.2) is 0 Å². The molecular weight excluding hydrogens is 490 g/mol. The number of amides is 1. The van der Waals surface area contributed by atoms with Gasteiger partial charge in [0.25, 0.3) is 0 Å². The number of aromatic nitrogens is 3. The van der Waals surface area contributed by atoms with Crippen LogP contribution in [0.1, 0.15) is 32.6 Å². The maximum Gasteiger partial charge on any atom is 0.243 e. The fraction of sp³-hybridized carbons (Fsp3) is 0.348. The normalized spacial score (nSPS) is 18.5. The maximum absolute atomic E-state index is 12.7. The molecule has 1 aromatic heterocycles. The molecule has 2 aromatic carbocycles. The minimum absolute atomic E-state index is 0.00730. The average molecular weight is 512 g/mol. The zero-order valence-electron chi connectivity index (χ0n) is 17.4. The molecular formula is C23H22Cl4N4O. The van der Waals surface area contributed by atoms with E-state index in [4.69, 9.17) is 46.4 Å². The fourth-order valence-electron chi connectivity index (χ4n) is 4.06. The standard InChI is InChI=1S/C23H22Cl4N4O/c1-13-4-2-3-5-20(13)28-21(32)12-31-29-22(16-8-6-14(24)10-18(16)26)23(30-31)17-9-7-15(25)11-19(17)27/h6-11,13,20H,2-5,12H2,1H3,(H,28,32). The summed E-state index contributed by atoms with van der Waals surface area (Å²) in [6, 6.07) is 10.5.